The highest BCUT2D eigenvalue weighted by Crippen LogP contribution is 2.23. The summed E-state index contributed by atoms with van der Waals surface area (Å²) in [6.45, 7) is 0. The lowest BCUT2D eigenvalue weighted by Gasteiger charge is -2.16. The van der Waals surface area contributed by atoms with Crippen LogP contribution in [0.1, 0.15) is 48.9 Å². The first kappa shape index (κ1) is 13.4. The summed E-state index contributed by atoms with van der Waals surface area (Å²) in [6.07, 6.45) is 6.96. The molecule has 0 aliphatic heterocycles. The Hall–Kier alpha value is -1.03. The highest BCUT2D eigenvalue weighted by Gasteiger charge is 2.17. The molecule has 1 saturated carbocycles. The summed E-state index contributed by atoms with van der Waals surface area (Å²) in [5, 5.41) is 12.8. The van der Waals surface area contributed by atoms with E-state index in [1.54, 1.807) is 18.2 Å². The molecule has 1 aliphatic rings. The van der Waals surface area contributed by atoms with Gasteiger partial charge in [-0.1, -0.05) is 41.6 Å². The molecule has 0 heterocycles. The first-order valence-corrected chi connectivity index (χ1v) is 7.25. The van der Waals surface area contributed by atoms with Crippen LogP contribution in [0, 0.1) is 0 Å². The Balaban J connectivity index is 2.02. The highest BCUT2D eigenvalue weighted by atomic mass is 79.9. The van der Waals surface area contributed by atoms with Crippen LogP contribution in [0.2, 0.25) is 0 Å². The summed E-state index contributed by atoms with van der Waals surface area (Å²) in [6, 6.07) is 5.21. The van der Waals surface area contributed by atoms with Gasteiger partial charge in [0.15, 0.2) is 0 Å². The molecular weight excluding hydrogens is 294 g/mol. The Kier molecular flexibility index (Phi) is 4.64. The fourth-order valence-electron chi connectivity index (χ4n) is 2.38. The molecule has 0 atom stereocenters. The molecule has 0 saturated heterocycles. The zero-order valence-electron chi connectivity index (χ0n) is 10.3. The summed E-state index contributed by atoms with van der Waals surface area (Å²) in [5.41, 5.74) is 0.349. The lowest BCUT2D eigenvalue weighted by Crippen LogP contribution is -2.34. The van der Waals surface area contributed by atoms with Gasteiger partial charge in [-0.2, -0.15) is 0 Å². The minimum absolute atomic E-state index is 0.0236. The molecule has 0 aromatic heterocycles. The minimum atomic E-state index is -0.174. The van der Waals surface area contributed by atoms with Crippen LogP contribution in [0.5, 0.6) is 5.75 Å². The maximum absolute atomic E-state index is 12.1. The van der Waals surface area contributed by atoms with Crippen molar-refractivity contribution in [1.29, 1.82) is 0 Å². The molecule has 2 rings (SSSR count). The van der Waals surface area contributed by atoms with Gasteiger partial charge in [-0.25, -0.2) is 0 Å². The van der Waals surface area contributed by atoms with Crippen LogP contribution >= 0.6 is 15.9 Å². The van der Waals surface area contributed by atoms with Crippen LogP contribution in [0.3, 0.4) is 0 Å². The predicted molar refractivity (Wildman–Crippen MR) is 74.8 cm³/mol. The molecule has 18 heavy (non-hydrogen) atoms. The summed E-state index contributed by atoms with van der Waals surface area (Å²) in [5.74, 6) is -0.151. The number of carbonyl (C=O) groups is 1. The Morgan fingerprint density at radius 3 is 2.50 bits per heavy atom. The molecule has 1 amide bonds. The van der Waals surface area contributed by atoms with Crippen LogP contribution in [0.15, 0.2) is 22.7 Å². The van der Waals surface area contributed by atoms with E-state index in [9.17, 15) is 9.90 Å². The number of nitrogens with one attached hydrogen (secondary N) is 1. The number of carbonyl (C=O) groups excluding carboxylic acids is 1. The van der Waals surface area contributed by atoms with E-state index in [0.717, 1.165) is 17.3 Å². The number of phenols is 1. The number of halogens is 1. The van der Waals surface area contributed by atoms with E-state index in [-0.39, 0.29) is 17.7 Å². The second-order valence-corrected chi connectivity index (χ2v) is 5.74. The van der Waals surface area contributed by atoms with Crippen LogP contribution in [-0.4, -0.2) is 17.1 Å². The van der Waals surface area contributed by atoms with Crippen molar-refractivity contribution in [2.45, 2.75) is 44.6 Å². The van der Waals surface area contributed by atoms with Gasteiger partial charge in [0.2, 0.25) is 0 Å². The second kappa shape index (κ2) is 6.23. The third-order valence-electron chi connectivity index (χ3n) is 3.39. The van der Waals surface area contributed by atoms with Crippen molar-refractivity contribution in [2.24, 2.45) is 0 Å². The van der Waals surface area contributed by atoms with Gasteiger partial charge in [-0.15, -0.1) is 0 Å². The molecule has 1 aliphatic carbocycles. The summed E-state index contributed by atoms with van der Waals surface area (Å²) < 4.78 is 0.769. The SMILES string of the molecule is O=C(NC1CCCCCC1)c1ccc(Br)cc1O. The smallest absolute Gasteiger partial charge is 0.255 e. The number of amides is 1. The van der Waals surface area contributed by atoms with Crippen molar-refractivity contribution in [3.8, 4) is 5.75 Å². The molecule has 2 N–H and O–H groups in total. The maximum Gasteiger partial charge on any atom is 0.255 e. The van der Waals surface area contributed by atoms with Gasteiger partial charge in [0.25, 0.3) is 5.91 Å². The molecule has 1 aromatic rings. The molecule has 98 valence electrons. The van der Waals surface area contributed by atoms with Gasteiger partial charge >= 0.3 is 0 Å². The third kappa shape index (κ3) is 3.48. The average Bonchev–Trinajstić information content (AvgIpc) is 2.57. The predicted octanol–water partition coefficient (Wildman–Crippen LogP) is 3.61. The van der Waals surface area contributed by atoms with E-state index in [4.69, 9.17) is 0 Å². The van der Waals surface area contributed by atoms with E-state index >= 15 is 0 Å². The third-order valence-corrected chi connectivity index (χ3v) is 3.89. The van der Waals surface area contributed by atoms with Crippen molar-refractivity contribution in [2.75, 3.05) is 0 Å². The quantitative estimate of drug-likeness (QED) is 0.820. The van der Waals surface area contributed by atoms with E-state index < -0.39 is 0 Å². The minimum Gasteiger partial charge on any atom is -0.507 e. The molecule has 0 bridgehead atoms. The van der Waals surface area contributed by atoms with E-state index in [1.807, 2.05) is 0 Å². The van der Waals surface area contributed by atoms with E-state index in [0.29, 0.717) is 5.56 Å². The number of hydrogen-bond acceptors (Lipinski definition) is 2. The fraction of sp³-hybridized carbons (Fsp3) is 0.500. The first-order valence-electron chi connectivity index (χ1n) is 6.46. The van der Waals surface area contributed by atoms with Crippen LogP contribution < -0.4 is 5.32 Å². The monoisotopic (exact) mass is 311 g/mol. The Labute approximate surface area is 116 Å². The topological polar surface area (TPSA) is 49.3 Å². The van der Waals surface area contributed by atoms with E-state index in [2.05, 4.69) is 21.2 Å². The second-order valence-electron chi connectivity index (χ2n) is 4.82. The lowest BCUT2D eigenvalue weighted by molar-refractivity contribution is 0.0930. The Morgan fingerprint density at radius 2 is 1.89 bits per heavy atom. The van der Waals surface area contributed by atoms with Crippen molar-refractivity contribution in [3.05, 3.63) is 28.2 Å². The summed E-state index contributed by atoms with van der Waals surface area (Å²) >= 11 is 3.26. The standard InChI is InChI=1S/C14H18BrNO2/c15-10-7-8-12(13(17)9-10)14(18)16-11-5-3-1-2-4-6-11/h7-9,11,17H,1-6H2,(H,16,18). The number of aromatic hydroxyl groups is 1. The van der Waals surface area contributed by atoms with Gasteiger partial charge in [0.1, 0.15) is 5.75 Å². The summed E-state index contributed by atoms with van der Waals surface area (Å²) in [7, 11) is 0. The lowest BCUT2D eigenvalue weighted by atomic mass is 10.1. The Morgan fingerprint density at radius 1 is 1.22 bits per heavy atom. The molecule has 4 heteroatoms. The first-order chi connectivity index (χ1) is 8.66. The molecule has 0 radical (unpaired) electrons. The van der Waals surface area contributed by atoms with Gasteiger partial charge < -0.3 is 10.4 Å². The van der Waals surface area contributed by atoms with Gasteiger partial charge in [-0.05, 0) is 31.0 Å². The van der Waals surface area contributed by atoms with Crippen LogP contribution in [-0.2, 0) is 0 Å². The molecule has 1 fully saturated rings. The van der Waals surface area contributed by atoms with Crippen molar-refractivity contribution < 1.29 is 9.90 Å². The average molecular weight is 312 g/mol. The maximum atomic E-state index is 12.1. The fourth-order valence-corrected chi connectivity index (χ4v) is 2.73. The number of rotatable bonds is 2. The van der Waals surface area contributed by atoms with Crippen molar-refractivity contribution >= 4 is 21.8 Å². The summed E-state index contributed by atoms with van der Waals surface area (Å²) in [4.78, 5) is 12.1. The molecule has 1 aromatic carbocycles. The van der Waals surface area contributed by atoms with Crippen LogP contribution in [0.4, 0.5) is 0 Å². The zero-order valence-corrected chi connectivity index (χ0v) is 11.9. The molecular formula is C14H18BrNO2. The number of hydrogen-bond donors (Lipinski definition) is 2. The Bertz CT molecular complexity index is 426. The largest absolute Gasteiger partial charge is 0.507 e. The zero-order chi connectivity index (χ0) is 13.0. The van der Waals surface area contributed by atoms with E-state index in [1.165, 1.54) is 25.7 Å². The number of phenolic OH excluding ortho intramolecular Hbond substituents is 1. The van der Waals surface area contributed by atoms with Crippen molar-refractivity contribution in [1.82, 2.24) is 5.32 Å². The molecule has 0 spiro atoms. The number of benzene rings is 1. The molecule has 3 nitrogen and oxygen atoms in total. The normalized spacial score (nSPS) is 17.2. The van der Waals surface area contributed by atoms with Crippen molar-refractivity contribution in [3.63, 3.8) is 0 Å². The van der Waals surface area contributed by atoms with Gasteiger partial charge in [0.05, 0.1) is 5.56 Å². The highest BCUT2D eigenvalue weighted by molar-refractivity contribution is 9.10. The van der Waals surface area contributed by atoms with Crippen LogP contribution in [0.25, 0.3) is 0 Å². The van der Waals surface area contributed by atoms with Gasteiger partial charge in [0, 0.05) is 10.5 Å². The molecule has 0 unspecified atom stereocenters. The van der Waals surface area contributed by atoms with Gasteiger partial charge in [-0.3, -0.25) is 4.79 Å².